The number of sulfonamides is 1. The Hall–Kier alpha value is -2.08. The van der Waals surface area contributed by atoms with Gasteiger partial charge in [0.25, 0.3) is 10.0 Å². The van der Waals surface area contributed by atoms with E-state index in [1.54, 1.807) is 26.0 Å². The normalized spacial score (nSPS) is 11.3. The highest BCUT2D eigenvalue weighted by Gasteiger charge is 2.16. The van der Waals surface area contributed by atoms with Gasteiger partial charge >= 0.3 is 0 Å². The molecule has 0 saturated heterocycles. The van der Waals surface area contributed by atoms with Crippen molar-refractivity contribution < 1.29 is 12.8 Å². The van der Waals surface area contributed by atoms with Crippen LogP contribution >= 0.6 is 0 Å². The third kappa shape index (κ3) is 2.91. The summed E-state index contributed by atoms with van der Waals surface area (Å²) in [5.41, 5.74) is 8.22. The Morgan fingerprint density at radius 2 is 1.55 bits per heavy atom. The molecule has 0 bridgehead atoms. The zero-order valence-corrected chi connectivity index (χ0v) is 12.0. The van der Waals surface area contributed by atoms with Crippen molar-refractivity contribution in [1.29, 1.82) is 0 Å². The third-order valence-corrected chi connectivity index (χ3v) is 4.28. The van der Waals surface area contributed by atoms with Crippen LogP contribution in [0.25, 0.3) is 0 Å². The number of hydrogen-bond donors (Lipinski definition) is 2. The Morgan fingerprint density at radius 1 is 1.05 bits per heavy atom. The number of nitrogens with two attached hydrogens (primary N) is 1. The molecule has 0 heterocycles. The molecule has 106 valence electrons. The quantitative estimate of drug-likeness (QED) is 0.855. The molecule has 0 atom stereocenters. The first kappa shape index (κ1) is 14.3. The molecule has 0 aromatic heterocycles. The smallest absolute Gasteiger partial charge is 0.261 e. The molecule has 2 aromatic rings. The van der Waals surface area contributed by atoms with Crippen molar-refractivity contribution in [3.8, 4) is 0 Å². The van der Waals surface area contributed by atoms with E-state index >= 15 is 0 Å². The molecule has 0 saturated carbocycles. The molecule has 6 heteroatoms. The molecule has 0 unspecified atom stereocenters. The van der Waals surface area contributed by atoms with Crippen LogP contribution in [0.15, 0.2) is 41.3 Å². The molecule has 2 aromatic carbocycles. The summed E-state index contributed by atoms with van der Waals surface area (Å²) in [7, 11) is -3.75. The zero-order valence-electron chi connectivity index (χ0n) is 11.1. The van der Waals surface area contributed by atoms with Crippen molar-refractivity contribution in [3.63, 3.8) is 0 Å². The molecule has 0 radical (unpaired) electrons. The highest BCUT2D eigenvalue weighted by molar-refractivity contribution is 7.92. The molecule has 0 aliphatic heterocycles. The first-order chi connectivity index (χ1) is 9.29. The predicted molar refractivity (Wildman–Crippen MR) is 77.5 cm³/mol. The Balaban J connectivity index is 2.41. The molecule has 0 aliphatic carbocycles. The van der Waals surface area contributed by atoms with E-state index in [-0.39, 0.29) is 4.90 Å². The fraction of sp³-hybridized carbons (Fsp3) is 0.143. The van der Waals surface area contributed by atoms with Gasteiger partial charge in [0, 0.05) is 5.69 Å². The Labute approximate surface area is 117 Å². The Kier molecular flexibility index (Phi) is 3.67. The van der Waals surface area contributed by atoms with Crippen molar-refractivity contribution in [2.24, 2.45) is 0 Å². The number of anilines is 2. The second kappa shape index (κ2) is 5.13. The molecule has 3 N–H and O–H groups in total. The van der Waals surface area contributed by atoms with Gasteiger partial charge in [-0.3, -0.25) is 4.72 Å². The molecule has 20 heavy (non-hydrogen) atoms. The summed E-state index contributed by atoms with van der Waals surface area (Å²) >= 11 is 0. The summed E-state index contributed by atoms with van der Waals surface area (Å²) < 4.78 is 39.8. The first-order valence-electron chi connectivity index (χ1n) is 5.95. The van der Waals surface area contributed by atoms with E-state index in [0.29, 0.717) is 11.4 Å². The van der Waals surface area contributed by atoms with E-state index in [9.17, 15) is 12.8 Å². The Bertz CT molecular complexity index is 717. The lowest BCUT2D eigenvalue weighted by Gasteiger charge is -2.14. The van der Waals surface area contributed by atoms with Gasteiger partial charge in [0.05, 0.1) is 10.6 Å². The van der Waals surface area contributed by atoms with Crippen molar-refractivity contribution >= 4 is 21.4 Å². The third-order valence-electron chi connectivity index (χ3n) is 2.92. The number of nitrogens with one attached hydrogen (secondary N) is 1. The number of rotatable bonds is 3. The van der Waals surface area contributed by atoms with Gasteiger partial charge in [0.2, 0.25) is 0 Å². The van der Waals surface area contributed by atoms with E-state index in [1.807, 2.05) is 0 Å². The van der Waals surface area contributed by atoms with Crippen LogP contribution < -0.4 is 10.5 Å². The lowest BCUT2D eigenvalue weighted by molar-refractivity contribution is 0.599. The highest BCUT2D eigenvalue weighted by atomic mass is 32.2. The summed E-state index contributed by atoms with van der Waals surface area (Å²) in [6, 6.07) is 8.04. The maximum atomic E-state index is 12.8. The minimum absolute atomic E-state index is 0.00882. The van der Waals surface area contributed by atoms with Gasteiger partial charge in [-0.1, -0.05) is 0 Å². The molecular formula is C14H15FN2O2S. The van der Waals surface area contributed by atoms with Crippen LogP contribution in [-0.2, 0) is 10.0 Å². The standard InChI is InChI=1S/C14H15FN2O2S/c1-9-7-12(16)8-10(2)14(9)17-20(18,19)13-5-3-11(15)4-6-13/h3-8,17H,16H2,1-2H3. The number of benzene rings is 2. The lowest BCUT2D eigenvalue weighted by Crippen LogP contribution is -2.15. The van der Waals surface area contributed by atoms with E-state index in [1.165, 1.54) is 12.1 Å². The molecule has 0 spiro atoms. The SMILES string of the molecule is Cc1cc(N)cc(C)c1NS(=O)(=O)c1ccc(F)cc1. The van der Waals surface area contributed by atoms with Crippen LogP contribution in [0.1, 0.15) is 11.1 Å². The molecule has 0 amide bonds. The van der Waals surface area contributed by atoms with Crippen molar-refractivity contribution in [1.82, 2.24) is 0 Å². The average Bonchev–Trinajstić information content (AvgIpc) is 2.34. The zero-order chi connectivity index (χ0) is 14.9. The highest BCUT2D eigenvalue weighted by Crippen LogP contribution is 2.26. The van der Waals surface area contributed by atoms with Crippen LogP contribution in [-0.4, -0.2) is 8.42 Å². The lowest BCUT2D eigenvalue weighted by atomic mass is 10.1. The molecule has 2 rings (SSSR count). The van der Waals surface area contributed by atoms with Gasteiger partial charge in [-0.2, -0.15) is 0 Å². The van der Waals surface area contributed by atoms with E-state index in [2.05, 4.69) is 4.72 Å². The topological polar surface area (TPSA) is 72.2 Å². The van der Waals surface area contributed by atoms with Crippen LogP contribution in [0.3, 0.4) is 0 Å². The van der Waals surface area contributed by atoms with Crippen molar-refractivity contribution in [2.45, 2.75) is 18.7 Å². The maximum absolute atomic E-state index is 12.8. The monoisotopic (exact) mass is 294 g/mol. The van der Waals surface area contributed by atoms with Gasteiger partial charge in [0.1, 0.15) is 5.82 Å². The van der Waals surface area contributed by atoms with E-state index in [4.69, 9.17) is 5.73 Å². The second-order valence-electron chi connectivity index (χ2n) is 4.59. The molecule has 0 aliphatic rings. The molecule has 4 nitrogen and oxygen atoms in total. The van der Waals surface area contributed by atoms with Gasteiger partial charge in [0.15, 0.2) is 0 Å². The van der Waals surface area contributed by atoms with E-state index < -0.39 is 15.8 Å². The predicted octanol–water partition coefficient (Wildman–Crippen LogP) is 2.83. The summed E-state index contributed by atoms with van der Waals surface area (Å²) in [6.45, 7) is 3.54. The maximum Gasteiger partial charge on any atom is 0.261 e. The fourth-order valence-electron chi connectivity index (χ4n) is 1.97. The van der Waals surface area contributed by atoms with Gasteiger partial charge in [-0.15, -0.1) is 0 Å². The van der Waals surface area contributed by atoms with Crippen LogP contribution in [0.2, 0.25) is 0 Å². The average molecular weight is 294 g/mol. The minimum atomic E-state index is -3.75. The summed E-state index contributed by atoms with van der Waals surface area (Å²) in [5, 5.41) is 0. The largest absolute Gasteiger partial charge is 0.399 e. The first-order valence-corrected chi connectivity index (χ1v) is 7.43. The summed E-state index contributed by atoms with van der Waals surface area (Å²) in [4.78, 5) is 0.00882. The second-order valence-corrected chi connectivity index (χ2v) is 6.27. The van der Waals surface area contributed by atoms with Crippen LogP contribution in [0.4, 0.5) is 15.8 Å². The van der Waals surface area contributed by atoms with Gasteiger partial charge < -0.3 is 5.73 Å². The number of hydrogen-bond acceptors (Lipinski definition) is 3. The van der Waals surface area contributed by atoms with Gasteiger partial charge in [-0.05, 0) is 61.4 Å². The summed E-state index contributed by atoms with van der Waals surface area (Å²) in [6.07, 6.45) is 0. The van der Waals surface area contributed by atoms with Crippen molar-refractivity contribution in [2.75, 3.05) is 10.5 Å². The van der Waals surface area contributed by atoms with Crippen LogP contribution in [0.5, 0.6) is 0 Å². The minimum Gasteiger partial charge on any atom is -0.399 e. The van der Waals surface area contributed by atoms with Crippen LogP contribution in [0, 0.1) is 19.7 Å². The van der Waals surface area contributed by atoms with Crippen molar-refractivity contribution in [3.05, 3.63) is 53.3 Å². The number of aryl methyl sites for hydroxylation is 2. The fourth-order valence-corrected chi connectivity index (χ4v) is 3.17. The van der Waals surface area contributed by atoms with Gasteiger partial charge in [-0.25, -0.2) is 12.8 Å². The van der Waals surface area contributed by atoms with E-state index in [0.717, 1.165) is 23.3 Å². The number of halogens is 1. The Morgan fingerprint density at radius 3 is 2.05 bits per heavy atom. The molecule has 0 fully saturated rings. The summed E-state index contributed by atoms with van der Waals surface area (Å²) in [5.74, 6) is -0.483. The number of nitrogen functional groups attached to an aromatic ring is 1. The molecular weight excluding hydrogens is 279 g/mol.